The van der Waals surface area contributed by atoms with Gasteiger partial charge in [-0.1, -0.05) is 54.6 Å². The Morgan fingerprint density at radius 1 is 0.833 bits per heavy atom. The maximum absolute atomic E-state index is 6.08. The van der Waals surface area contributed by atoms with Crippen LogP contribution in [0.3, 0.4) is 0 Å². The number of amidine groups is 1. The van der Waals surface area contributed by atoms with Crippen LogP contribution in [0.4, 0.5) is 0 Å². The summed E-state index contributed by atoms with van der Waals surface area (Å²) in [5.74, 6) is 1.88. The van der Waals surface area contributed by atoms with E-state index in [0.29, 0.717) is 0 Å². The van der Waals surface area contributed by atoms with E-state index >= 15 is 0 Å². The van der Waals surface area contributed by atoms with E-state index in [9.17, 15) is 0 Å². The minimum absolute atomic E-state index is 0.855. The van der Waals surface area contributed by atoms with Gasteiger partial charge in [0.2, 0.25) is 0 Å². The van der Waals surface area contributed by atoms with Crippen LogP contribution < -0.4 is 5.32 Å². The first-order valence-electron chi connectivity index (χ1n) is 8.19. The Hall–Kier alpha value is -3.07. The molecule has 3 aromatic carbocycles. The summed E-state index contributed by atoms with van der Waals surface area (Å²) in [5.41, 5.74) is 3.13. The molecule has 0 saturated heterocycles. The number of hydrogen-bond donors (Lipinski definition) is 1. The van der Waals surface area contributed by atoms with Gasteiger partial charge in [-0.2, -0.15) is 0 Å². The zero-order valence-electron chi connectivity index (χ0n) is 13.1. The molecule has 0 amide bonds. The lowest BCUT2D eigenvalue weighted by atomic mass is 10.1. The second-order valence-corrected chi connectivity index (χ2v) is 6.04. The summed E-state index contributed by atoms with van der Waals surface area (Å²) >= 11 is 0. The Labute approximate surface area is 139 Å². The molecule has 0 fully saturated rings. The normalized spacial score (nSPS) is 14.1. The first-order valence-corrected chi connectivity index (χ1v) is 8.19. The maximum atomic E-state index is 6.08. The molecule has 0 atom stereocenters. The summed E-state index contributed by atoms with van der Waals surface area (Å²) in [6, 6.07) is 23.1. The predicted octanol–water partition coefficient (Wildman–Crippen LogP) is 4.60. The molecule has 1 aromatic heterocycles. The van der Waals surface area contributed by atoms with E-state index in [1.807, 2.05) is 6.07 Å². The molecule has 0 radical (unpaired) electrons. The standard InChI is InChI=1S/C21H16N2O/c1-2-4-17-14(3-1)9-10-19-18(17)13-20(24-19)15-5-7-16(8-6-15)21-22-11-12-23-21/h1-10,13H,11-12H2,(H,22,23). The molecule has 2 heterocycles. The lowest BCUT2D eigenvalue weighted by Gasteiger charge is -2.03. The second-order valence-electron chi connectivity index (χ2n) is 6.04. The highest BCUT2D eigenvalue weighted by atomic mass is 16.3. The SMILES string of the molecule is c1ccc2c(c1)ccc1oc(-c3ccc(C4=NCCN4)cc3)cc12. The Morgan fingerprint density at radius 2 is 1.67 bits per heavy atom. The molecule has 4 aromatic rings. The van der Waals surface area contributed by atoms with Crippen molar-refractivity contribution in [2.45, 2.75) is 0 Å². The minimum atomic E-state index is 0.855. The molecule has 24 heavy (non-hydrogen) atoms. The van der Waals surface area contributed by atoms with Crippen LogP contribution in [0.1, 0.15) is 5.56 Å². The average molecular weight is 312 g/mol. The van der Waals surface area contributed by atoms with E-state index in [1.165, 1.54) is 10.8 Å². The van der Waals surface area contributed by atoms with Gasteiger partial charge < -0.3 is 9.73 Å². The smallest absolute Gasteiger partial charge is 0.135 e. The van der Waals surface area contributed by atoms with Gasteiger partial charge in [-0.25, -0.2) is 0 Å². The fourth-order valence-corrected chi connectivity index (χ4v) is 3.32. The second kappa shape index (κ2) is 5.24. The number of aliphatic imine (C=N–C) groups is 1. The van der Waals surface area contributed by atoms with Crippen LogP contribution in [0.15, 0.2) is 76.1 Å². The minimum Gasteiger partial charge on any atom is -0.456 e. The number of hydrogen-bond acceptors (Lipinski definition) is 3. The van der Waals surface area contributed by atoms with Crippen LogP contribution in [-0.2, 0) is 0 Å². The third-order valence-corrected chi connectivity index (χ3v) is 4.54. The quantitative estimate of drug-likeness (QED) is 0.587. The molecule has 3 nitrogen and oxygen atoms in total. The van der Waals surface area contributed by atoms with Crippen molar-refractivity contribution >= 4 is 27.6 Å². The van der Waals surface area contributed by atoms with Gasteiger partial charge in [-0.15, -0.1) is 0 Å². The van der Waals surface area contributed by atoms with Gasteiger partial charge in [0.25, 0.3) is 0 Å². The summed E-state index contributed by atoms with van der Waals surface area (Å²) in [6.45, 7) is 1.78. The average Bonchev–Trinajstić information content (AvgIpc) is 3.31. The molecule has 5 rings (SSSR count). The van der Waals surface area contributed by atoms with Crippen LogP contribution in [-0.4, -0.2) is 18.9 Å². The molecular weight excluding hydrogens is 296 g/mol. The third-order valence-electron chi connectivity index (χ3n) is 4.54. The van der Waals surface area contributed by atoms with E-state index < -0.39 is 0 Å². The molecule has 1 N–H and O–H groups in total. The molecule has 0 aliphatic carbocycles. The molecule has 1 aliphatic heterocycles. The first-order chi connectivity index (χ1) is 11.9. The van der Waals surface area contributed by atoms with E-state index in [1.54, 1.807) is 0 Å². The van der Waals surface area contributed by atoms with Gasteiger partial charge in [0.05, 0.1) is 6.54 Å². The molecule has 0 saturated carbocycles. The highest BCUT2D eigenvalue weighted by Crippen LogP contribution is 2.32. The van der Waals surface area contributed by atoms with E-state index in [2.05, 4.69) is 71.0 Å². The Morgan fingerprint density at radius 3 is 2.50 bits per heavy atom. The van der Waals surface area contributed by atoms with Gasteiger partial charge in [-0.05, 0) is 22.9 Å². The number of nitrogens with one attached hydrogen (secondary N) is 1. The maximum Gasteiger partial charge on any atom is 0.135 e. The molecule has 3 heteroatoms. The Balaban J connectivity index is 1.60. The zero-order chi connectivity index (χ0) is 15.9. The van der Waals surface area contributed by atoms with Crippen molar-refractivity contribution in [1.82, 2.24) is 5.32 Å². The van der Waals surface area contributed by atoms with Crippen LogP contribution >= 0.6 is 0 Å². The summed E-state index contributed by atoms with van der Waals surface area (Å²) in [6.07, 6.45) is 0. The van der Waals surface area contributed by atoms with Crippen molar-refractivity contribution in [3.8, 4) is 11.3 Å². The van der Waals surface area contributed by atoms with Crippen molar-refractivity contribution in [2.24, 2.45) is 4.99 Å². The highest BCUT2D eigenvalue weighted by molar-refractivity contribution is 6.07. The van der Waals surface area contributed by atoms with E-state index in [0.717, 1.165) is 46.8 Å². The summed E-state index contributed by atoms with van der Waals surface area (Å²) in [5, 5.41) is 6.92. The van der Waals surface area contributed by atoms with Crippen molar-refractivity contribution in [3.63, 3.8) is 0 Å². The van der Waals surface area contributed by atoms with Crippen molar-refractivity contribution in [1.29, 1.82) is 0 Å². The van der Waals surface area contributed by atoms with Gasteiger partial charge in [-0.3, -0.25) is 4.99 Å². The van der Waals surface area contributed by atoms with Crippen LogP contribution in [0.5, 0.6) is 0 Å². The van der Waals surface area contributed by atoms with Gasteiger partial charge in [0.1, 0.15) is 17.2 Å². The zero-order valence-corrected chi connectivity index (χ0v) is 13.1. The Bertz CT molecular complexity index is 1070. The third kappa shape index (κ3) is 2.09. The topological polar surface area (TPSA) is 37.5 Å². The van der Waals surface area contributed by atoms with Crippen LogP contribution in [0, 0.1) is 0 Å². The molecule has 116 valence electrons. The highest BCUT2D eigenvalue weighted by Gasteiger charge is 2.11. The predicted molar refractivity (Wildman–Crippen MR) is 98.6 cm³/mol. The fourth-order valence-electron chi connectivity index (χ4n) is 3.32. The number of nitrogens with zero attached hydrogens (tertiary/aromatic N) is 1. The lowest BCUT2D eigenvalue weighted by molar-refractivity contribution is 0.632. The largest absolute Gasteiger partial charge is 0.456 e. The number of fused-ring (bicyclic) bond motifs is 3. The number of furan rings is 1. The van der Waals surface area contributed by atoms with Crippen LogP contribution in [0.25, 0.3) is 33.1 Å². The summed E-state index contributed by atoms with van der Waals surface area (Å²) in [7, 11) is 0. The first kappa shape index (κ1) is 13.4. The van der Waals surface area contributed by atoms with Crippen LogP contribution in [0.2, 0.25) is 0 Å². The van der Waals surface area contributed by atoms with E-state index in [4.69, 9.17) is 4.42 Å². The fraction of sp³-hybridized carbons (Fsp3) is 0.0952. The number of benzene rings is 3. The van der Waals surface area contributed by atoms with Crippen molar-refractivity contribution in [3.05, 3.63) is 72.3 Å². The molecule has 0 bridgehead atoms. The molecule has 0 unspecified atom stereocenters. The van der Waals surface area contributed by atoms with Gasteiger partial charge in [0.15, 0.2) is 0 Å². The van der Waals surface area contributed by atoms with Crippen molar-refractivity contribution in [2.75, 3.05) is 13.1 Å². The van der Waals surface area contributed by atoms with Crippen molar-refractivity contribution < 1.29 is 4.42 Å². The number of rotatable bonds is 2. The Kier molecular flexibility index (Phi) is 2.92. The molecule has 0 spiro atoms. The van der Waals surface area contributed by atoms with Gasteiger partial charge >= 0.3 is 0 Å². The molecule has 1 aliphatic rings. The monoisotopic (exact) mass is 312 g/mol. The summed E-state index contributed by atoms with van der Waals surface area (Å²) < 4.78 is 6.08. The van der Waals surface area contributed by atoms with Gasteiger partial charge in [0, 0.05) is 23.1 Å². The van der Waals surface area contributed by atoms with E-state index in [-0.39, 0.29) is 0 Å². The lowest BCUT2D eigenvalue weighted by Crippen LogP contribution is -2.19. The summed E-state index contributed by atoms with van der Waals surface area (Å²) in [4.78, 5) is 4.46. The molecular formula is C21H16N2O.